The number of rotatable bonds is 9. The van der Waals surface area contributed by atoms with E-state index in [4.69, 9.17) is 4.74 Å². The summed E-state index contributed by atoms with van der Waals surface area (Å²) in [5.74, 6) is -0.249. The van der Waals surface area contributed by atoms with Crippen molar-refractivity contribution in [3.63, 3.8) is 0 Å². The maximum absolute atomic E-state index is 13.7. The van der Waals surface area contributed by atoms with Gasteiger partial charge in [-0.05, 0) is 31.9 Å². The second-order valence-corrected chi connectivity index (χ2v) is 4.30. The van der Waals surface area contributed by atoms with Crippen molar-refractivity contribution in [1.29, 1.82) is 0 Å². The minimum Gasteiger partial charge on any atom is -0.381 e. The molecule has 1 aromatic heterocycles. The first-order valence-electron chi connectivity index (χ1n) is 6.70. The Balaban J connectivity index is 2.57. The zero-order valence-electron chi connectivity index (χ0n) is 11.3. The molecule has 102 valence electrons. The molecule has 0 amide bonds. The van der Waals surface area contributed by atoms with E-state index < -0.39 is 0 Å². The van der Waals surface area contributed by atoms with E-state index >= 15 is 0 Å². The lowest BCUT2D eigenvalue weighted by molar-refractivity contribution is 0.124. The first kappa shape index (κ1) is 15.1. The molecule has 1 N–H and O–H groups in total. The largest absolute Gasteiger partial charge is 0.381 e. The van der Waals surface area contributed by atoms with Gasteiger partial charge in [-0.3, -0.25) is 4.98 Å². The van der Waals surface area contributed by atoms with Crippen molar-refractivity contribution in [3.8, 4) is 0 Å². The smallest absolute Gasteiger partial charge is 0.146 e. The summed E-state index contributed by atoms with van der Waals surface area (Å²) in [5, 5.41) is 3.36. The van der Waals surface area contributed by atoms with E-state index in [0.717, 1.165) is 32.4 Å². The maximum atomic E-state index is 13.7. The number of nitrogens with one attached hydrogen (secondary N) is 1. The van der Waals surface area contributed by atoms with Crippen LogP contribution in [-0.4, -0.2) is 24.7 Å². The van der Waals surface area contributed by atoms with Gasteiger partial charge in [0.1, 0.15) is 5.82 Å². The molecule has 0 radical (unpaired) electrons. The Kier molecular flexibility index (Phi) is 7.53. The van der Waals surface area contributed by atoms with Crippen LogP contribution in [0.15, 0.2) is 18.5 Å². The molecule has 0 fully saturated rings. The molecular weight excluding hydrogens is 231 g/mol. The Bertz CT molecular complexity index is 333. The van der Waals surface area contributed by atoms with Crippen LogP contribution in [0.2, 0.25) is 0 Å². The third-order valence-corrected chi connectivity index (χ3v) is 2.72. The first-order valence-corrected chi connectivity index (χ1v) is 6.70. The quantitative estimate of drug-likeness (QED) is 0.688. The average molecular weight is 254 g/mol. The highest BCUT2D eigenvalue weighted by Gasteiger charge is 2.14. The van der Waals surface area contributed by atoms with Crippen molar-refractivity contribution in [2.24, 2.45) is 0 Å². The highest BCUT2D eigenvalue weighted by atomic mass is 19.1. The van der Waals surface area contributed by atoms with Crippen LogP contribution in [0.25, 0.3) is 0 Å². The molecular formula is C14H23FN2O. The van der Waals surface area contributed by atoms with Gasteiger partial charge in [-0.25, -0.2) is 4.39 Å². The van der Waals surface area contributed by atoms with Gasteiger partial charge in [0.2, 0.25) is 0 Å². The Labute approximate surface area is 109 Å². The number of aromatic nitrogens is 1. The van der Waals surface area contributed by atoms with Crippen LogP contribution in [0.3, 0.4) is 0 Å². The molecule has 0 aromatic carbocycles. The third-order valence-electron chi connectivity index (χ3n) is 2.72. The Morgan fingerprint density at radius 2 is 2.17 bits per heavy atom. The number of pyridine rings is 1. The lowest BCUT2D eigenvalue weighted by Crippen LogP contribution is -2.24. The summed E-state index contributed by atoms with van der Waals surface area (Å²) >= 11 is 0. The molecule has 0 saturated carbocycles. The zero-order chi connectivity index (χ0) is 13.2. The molecule has 4 heteroatoms. The van der Waals surface area contributed by atoms with Crippen molar-refractivity contribution < 1.29 is 9.13 Å². The molecule has 0 saturated heterocycles. The number of hydrogen-bond acceptors (Lipinski definition) is 3. The second kappa shape index (κ2) is 9.00. The molecule has 0 aliphatic heterocycles. The van der Waals surface area contributed by atoms with Gasteiger partial charge in [0.15, 0.2) is 0 Å². The Hall–Kier alpha value is -1.00. The number of ether oxygens (including phenoxy) is 1. The summed E-state index contributed by atoms with van der Waals surface area (Å²) in [6.07, 6.45) is 5.71. The van der Waals surface area contributed by atoms with E-state index in [1.54, 1.807) is 12.3 Å². The molecule has 1 aromatic rings. The number of nitrogens with zero attached hydrogens (tertiary/aromatic N) is 1. The van der Waals surface area contributed by atoms with Crippen molar-refractivity contribution in [1.82, 2.24) is 10.3 Å². The molecule has 18 heavy (non-hydrogen) atoms. The van der Waals surface area contributed by atoms with E-state index in [9.17, 15) is 4.39 Å². The molecule has 3 nitrogen and oxygen atoms in total. The van der Waals surface area contributed by atoms with Gasteiger partial charge >= 0.3 is 0 Å². The summed E-state index contributed by atoms with van der Waals surface area (Å²) in [6.45, 7) is 6.46. The highest BCUT2D eigenvalue weighted by molar-refractivity contribution is 5.17. The predicted molar refractivity (Wildman–Crippen MR) is 71.0 cm³/mol. The van der Waals surface area contributed by atoms with Gasteiger partial charge in [0.05, 0.1) is 6.20 Å². The van der Waals surface area contributed by atoms with E-state index in [-0.39, 0.29) is 11.9 Å². The van der Waals surface area contributed by atoms with Gasteiger partial charge < -0.3 is 10.1 Å². The normalized spacial score (nSPS) is 12.6. The zero-order valence-corrected chi connectivity index (χ0v) is 11.3. The van der Waals surface area contributed by atoms with E-state index in [1.165, 1.54) is 6.20 Å². The molecule has 0 spiro atoms. The van der Waals surface area contributed by atoms with Crippen LogP contribution < -0.4 is 5.32 Å². The van der Waals surface area contributed by atoms with Crippen molar-refractivity contribution in [3.05, 3.63) is 29.8 Å². The van der Waals surface area contributed by atoms with E-state index in [1.807, 2.05) is 0 Å². The summed E-state index contributed by atoms with van der Waals surface area (Å²) in [7, 11) is 0. The third kappa shape index (κ3) is 5.10. The molecule has 1 unspecified atom stereocenters. The summed E-state index contributed by atoms with van der Waals surface area (Å²) in [6, 6.07) is 1.74. The fourth-order valence-corrected chi connectivity index (χ4v) is 1.80. The summed E-state index contributed by atoms with van der Waals surface area (Å²) < 4.78 is 19.2. The van der Waals surface area contributed by atoms with Crippen LogP contribution in [0.5, 0.6) is 0 Å². The minimum atomic E-state index is -0.249. The SMILES string of the molecule is CCCNC(CCOCCC)c1ccncc1F. The lowest BCUT2D eigenvalue weighted by atomic mass is 10.0. The number of halogens is 1. The van der Waals surface area contributed by atoms with Crippen molar-refractivity contribution in [2.45, 2.75) is 39.2 Å². The minimum absolute atomic E-state index is 0.00445. The van der Waals surface area contributed by atoms with E-state index in [2.05, 4.69) is 24.1 Å². The molecule has 0 aliphatic rings. The van der Waals surface area contributed by atoms with Crippen molar-refractivity contribution >= 4 is 0 Å². The first-order chi connectivity index (χ1) is 8.79. The van der Waals surface area contributed by atoms with Crippen LogP contribution in [-0.2, 0) is 4.74 Å². The molecule has 0 bridgehead atoms. The van der Waals surface area contributed by atoms with Gasteiger partial charge in [0, 0.05) is 31.0 Å². The number of hydrogen-bond donors (Lipinski definition) is 1. The molecule has 0 aliphatic carbocycles. The van der Waals surface area contributed by atoms with Gasteiger partial charge in [-0.2, -0.15) is 0 Å². The van der Waals surface area contributed by atoms with Crippen LogP contribution >= 0.6 is 0 Å². The maximum Gasteiger partial charge on any atom is 0.146 e. The topological polar surface area (TPSA) is 34.1 Å². The fourth-order valence-electron chi connectivity index (χ4n) is 1.80. The second-order valence-electron chi connectivity index (χ2n) is 4.30. The van der Waals surface area contributed by atoms with Crippen LogP contribution in [0.1, 0.15) is 44.7 Å². The standard InChI is InChI=1S/C14H23FN2O/c1-3-7-17-14(6-10-18-9-4-2)12-5-8-16-11-13(12)15/h5,8,11,14,17H,3-4,6-7,9-10H2,1-2H3. The Morgan fingerprint density at radius 3 is 2.83 bits per heavy atom. The summed E-state index contributed by atoms with van der Waals surface area (Å²) in [5.41, 5.74) is 0.679. The van der Waals surface area contributed by atoms with Gasteiger partial charge in [-0.1, -0.05) is 13.8 Å². The Morgan fingerprint density at radius 1 is 1.33 bits per heavy atom. The monoisotopic (exact) mass is 254 g/mol. The molecule has 1 rings (SSSR count). The lowest BCUT2D eigenvalue weighted by Gasteiger charge is -2.19. The highest BCUT2D eigenvalue weighted by Crippen LogP contribution is 2.19. The average Bonchev–Trinajstić information content (AvgIpc) is 2.39. The van der Waals surface area contributed by atoms with Gasteiger partial charge in [-0.15, -0.1) is 0 Å². The molecule has 1 heterocycles. The predicted octanol–water partition coefficient (Wildman–Crippen LogP) is 3.08. The summed E-state index contributed by atoms with van der Waals surface area (Å²) in [4.78, 5) is 3.78. The van der Waals surface area contributed by atoms with Gasteiger partial charge in [0.25, 0.3) is 0 Å². The molecule has 1 atom stereocenters. The van der Waals surface area contributed by atoms with E-state index in [0.29, 0.717) is 12.2 Å². The van der Waals surface area contributed by atoms with Crippen molar-refractivity contribution in [2.75, 3.05) is 19.8 Å². The van der Waals surface area contributed by atoms with Crippen LogP contribution in [0.4, 0.5) is 4.39 Å². The fraction of sp³-hybridized carbons (Fsp3) is 0.643. The van der Waals surface area contributed by atoms with Crippen LogP contribution in [0, 0.1) is 5.82 Å².